The van der Waals surface area contributed by atoms with Crippen LogP contribution in [0.25, 0.3) is 0 Å². The second kappa shape index (κ2) is 5.66. The highest BCUT2D eigenvalue weighted by atomic mass is 16.5. The van der Waals surface area contributed by atoms with Gasteiger partial charge in [-0.15, -0.1) is 0 Å². The number of hydrogen-bond acceptors (Lipinski definition) is 4. The average molecular weight is 297 g/mol. The van der Waals surface area contributed by atoms with E-state index in [4.69, 9.17) is 4.74 Å². The Bertz CT molecular complexity index is 459. The van der Waals surface area contributed by atoms with Crippen LogP contribution in [0, 0.1) is 23.2 Å². The zero-order valence-corrected chi connectivity index (χ0v) is 12.8. The molecule has 1 saturated heterocycles. The number of likely N-dealkylation sites (tertiary alicyclic amines) is 1. The Morgan fingerprint density at radius 1 is 1.29 bits per heavy atom. The topological polar surface area (TPSA) is 83.9 Å². The molecule has 118 valence electrons. The van der Waals surface area contributed by atoms with Gasteiger partial charge in [0.2, 0.25) is 5.91 Å². The van der Waals surface area contributed by atoms with Gasteiger partial charge in [0.1, 0.15) is 0 Å². The molecule has 1 aliphatic carbocycles. The molecule has 0 unspecified atom stereocenters. The van der Waals surface area contributed by atoms with E-state index in [-0.39, 0.29) is 17.8 Å². The van der Waals surface area contributed by atoms with E-state index >= 15 is 0 Å². The summed E-state index contributed by atoms with van der Waals surface area (Å²) in [4.78, 5) is 37.2. The molecule has 2 fully saturated rings. The Kier molecular flexibility index (Phi) is 4.25. The lowest BCUT2D eigenvalue weighted by Gasteiger charge is -2.32. The van der Waals surface area contributed by atoms with Crippen LogP contribution in [0.1, 0.15) is 33.6 Å². The number of carboxylic acid groups (broad SMARTS) is 1. The maximum atomic E-state index is 12.5. The number of esters is 1. The van der Waals surface area contributed by atoms with Gasteiger partial charge in [0, 0.05) is 13.1 Å². The molecule has 1 saturated carbocycles. The molecule has 3 atom stereocenters. The molecule has 0 aromatic rings. The number of carbonyl (C=O) groups is 3. The minimum absolute atomic E-state index is 0.138. The maximum Gasteiger partial charge on any atom is 0.310 e. The number of piperidine rings is 1. The molecule has 0 bridgehead atoms. The molecule has 6 heteroatoms. The van der Waals surface area contributed by atoms with Crippen LogP contribution in [0.15, 0.2) is 0 Å². The average Bonchev–Trinajstić information content (AvgIpc) is 3.01. The SMILES string of the molecule is CCOC(=O)[C@@H]1CCCN(C(=O)[C@@H]2[C@@H](C(=O)O)C2(C)C)C1. The third-order valence-electron chi connectivity index (χ3n) is 4.71. The predicted octanol–water partition coefficient (Wildman–Crippen LogP) is 1.14. The molecular weight excluding hydrogens is 274 g/mol. The Labute approximate surface area is 124 Å². The number of nitrogens with zero attached hydrogens (tertiary/aromatic N) is 1. The highest BCUT2D eigenvalue weighted by Crippen LogP contribution is 2.59. The molecule has 2 rings (SSSR count). The maximum absolute atomic E-state index is 12.5. The van der Waals surface area contributed by atoms with E-state index in [9.17, 15) is 19.5 Å². The first-order chi connectivity index (χ1) is 9.80. The first kappa shape index (κ1) is 15.8. The minimum Gasteiger partial charge on any atom is -0.481 e. The first-order valence-electron chi connectivity index (χ1n) is 7.49. The molecule has 21 heavy (non-hydrogen) atoms. The van der Waals surface area contributed by atoms with Crippen molar-refractivity contribution in [3.05, 3.63) is 0 Å². The van der Waals surface area contributed by atoms with E-state index in [1.807, 2.05) is 0 Å². The Morgan fingerprint density at radius 2 is 1.95 bits per heavy atom. The lowest BCUT2D eigenvalue weighted by Crippen LogP contribution is -2.44. The number of hydrogen-bond donors (Lipinski definition) is 1. The van der Waals surface area contributed by atoms with Gasteiger partial charge in [-0.3, -0.25) is 14.4 Å². The van der Waals surface area contributed by atoms with E-state index in [1.165, 1.54) is 0 Å². The van der Waals surface area contributed by atoms with Gasteiger partial charge in [0.15, 0.2) is 0 Å². The summed E-state index contributed by atoms with van der Waals surface area (Å²) in [7, 11) is 0. The van der Waals surface area contributed by atoms with Gasteiger partial charge in [0.25, 0.3) is 0 Å². The molecule has 0 radical (unpaired) electrons. The van der Waals surface area contributed by atoms with Crippen molar-refractivity contribution in [2.24, 2.45) is 23.2 Å². The fraction of sp³-hybridized carbons (Fsp3) is 0.800. The Balaban J connectivity index is 2.00. The van der Waals surface area contributed by atoms with Gasteiger partial charge in [-0.05, 0) is 25.2 Å². The van der Waals surface area contributed by atoms with Gasteiger partial charge >= 0.3 is 11.9 Å². The van der Waals surface area contributed by atoms with Gasteiger partial charge in [-0.25, -0.2) is 0 Å². The third-order valence-corrected chi connectivity index (χ3v) is 4.71. The molecule has 1 amide bonds. The summed E-state index contributed by atoms with van der Waals surface area (Å²) in [6.45, 7) is 6.64. The normalized spacial score (nSPS) is 30.6. The fourth-order valence-electron chi connectivity index (χ4n) is 3.39. The lowest BCUT2D eigenvalue weighted by atomic mass is 9.97. The molecule has 1 aliphatic heterocycles. The molecule has 0 aromatic heterocycles. The zero-order valence-electron chi connectivity index (χ0n) is 12.8. The van der Waals surface area contributed by atoms with Gasteiger partial charge in [-0.2, -0.15) is 0 Å². The van der Waals surface area contributed by atoms with E-state index in [1.54, 1.807) is 25.7 Å². The van der Waals surface area contributed by atoms with E-state index in [2.05, 4.69) is 0 Å². The van der Waals surface area contributed by atoms with Crippen LogP contribution in [0.2, 0.25) is 0 Å². The smallest absolute Gasteiger partial charge is 0.310 e. The largest absolute Gasteiger partial charge is 0.481 e. The van der Waals surface area contributed by atoms with Crippen molar-refractivity contribution in [1.82, 2.24) is 4.90 Å². The van der Waals surface area contributed by atoms with Crippen LogP contribution in [0.4, 0.5) is 0 Å². The first-order valence-corrected chi connectivity index (χ1v) is 7.49. The van der Waals surface area contributed by atoms with E-state index in [0.717, 1.165) is 12.8 Å². The quantitative estimate of drug-likeness (QED) is 0.787. The number of ether oxygens (including phenoxy) is 1. The lowest BCUT2D eigenvalue weighted by molar-refractivity contribution is -0.152. The van der Waals surface area contributed by atoms with Gasteiger partial charge in [0.05, 0.1) is 24.4 Å². The van der Waals surface area contributed by atoms with Gasteiger partial charge < -0.3 is 14.7 Å². The molecule has 0 aromatic carbocycles. The van der Waals surface area contributed by atoms with Crippen molar-refractivity contribution in [3.63, 3.8) is 0 Å². The molecule has 1 N–H and O–H groups in total. The fourth-order valence-corrected chi connectivity index (χ4v) is 3.39. The molecule has 1 heterocycles. The summed E-state index contributed by atoms with van der Waals surface area (Å²) in [5, 5.41) is 9.17. The Hall–Kier alpha value is -1.59. The van der Waals surface area contributed by atoms with E-state index < -0.39 is 23.2 Å². The number of aliphatic carboxylic acids is 1. The van der Waals surface area contributed by atoms with Crippen LogP contribution in [0.5, 0.6) is 0 Å². The standard InChI is InChI=1S/C15H23NO5/c1-4-21-14(20)9-6-5-7-16(8-9)12(17)10-11(13(18)19)15(10,2)3/h9-11H,4-8H2,1-3H3,(H,18,19)/t9-,10+,11+/m1/s1. The number of amides is 1. The second-order valence-electron chi connectivity index (χ2n) is 6.49. The van der Waals surface area contributed by atoms with Crippen molar-refractivity contribution in [2.45, 2.75) is 33.6 Å². The summed E-state index contributed by atoms with van der Waals surface area (Å²) < 4.78 is 5.01. The second-order valence-corrected chi connectivity index (χ2v) is 6.49. The van der Waals surface area contributed by atoms with Crippen molar-refractivity contribution < 1.29 is 24.2 Å². The van der Waals surface area contributed by atoms with Crippen molar-refractivity contribution >= 4 is 17.8 Å². The van der Waals surface area contributed by atoms with Crippen molar-refractivity contribution in [3.8, 4) is 0 Å². The van der Waals surface area contributed by atoms with Crippen LogP contribution in [-0.4, -0.2) is 47.5 Å². The number of carbonyl (C=O) groups excluding carboxylic acids is 2. The number of carboxylic acids is 1. The van der Waals surface area contributed by atoms with Crippen LogP contribution in [0.3, 0.4) is 0 Å². The Morgan fingerprint density at radius 3 is 2.48 bits per heavy atom. The summed E-state index contributed by atoms with van der Waals surface area (Å²) in [5.41, 5.74) is -0.500. The minimum atomic E-state index is -0.919. The van der Waals surface area contributed by atoms with Crippen molar-refractivity contribution in [1.29, 1.82) is 0 Å². The van der Waals surface area contributed by atoms with Crippen LogP contribution >= 0.6 is 0 Å². The van der Waals surface area contributed by atoms with Crippen LogP contribution in [-0.2, 0) is 19.1 Å². The molecule has 0 spiro atoms. The summed E-state index contributed by atoms with van der Waals surface area (Å²) in [6, 6.07) is 0. The number of rotatable bonds is 4. The predicted molar refractivity (Wildman–Crippen MR) is 74.3 cm³/mol. The highest BCUT2D eigenvalue weighted by Gasteiger charge is 2.66. The van der Waals surface area contributed by atoms with E-state index in [0.29, 0.717) is 19.7 Å². The van der Waals surface area contributed by atoms with Crippen molar-refractivity contribution in [2.75, 3.05) is 19.7 Å². The molecule has 2 aliphatic rings. The zero-order chi connectivity index (χ0) is 15.8. The molecular formula is C15H23NO5. The van der Waals surface area contributed by atoms with Gasteiger partial charge in [-0.1, -0.05) is 13.8 Å². The highest BCUT2D eigenvalue weighted by molar-refractivity contribution is 5.92. The third kappa shape index (κ3) is 2.89. The summed E-state index contributed by atoms with van der Waals surface area (Å²) >= 11 is 0. The van der Waals surface area contributed by atoms with Crippen LogP contribution < -0.4 is 0 Å². The summed E-state index contributed by atoms with van der Waals surface area (Å²) in [6.07, 6.45) is 1.47. The summed E-state index contributed by atoms with van der Waals surface area (Å²) in [5.74, 6) is -2.70. The monoisotopic (exact) mass is 297 g/mol. The molecule has 6 nitrogen and oxygen atoms in total.